The third-order valence-electron chi connectivity index (χ3n) is 3.88. The number of nitrogens with zero attached hydrogens (tertiary/aromatic N) is 3. The summed E-state index contributed by atoms with van der Waals surface area (Å²) in [6, 6.07) is 1.59. The van der Waals surface area contributed by atoms with Crippen LogP contribution in [0.25, 0.3) is 11.3 Å². The molecular weight excluding hydrogens is 467 g/mol. The molecule has 2 aromatic heterocycles. The summed E-state index contributed by atoms with van der Waals surface area (Å²) in [6.45, 7) is -0.179. The molecule has 0 atom stereocenters. The first-order valence-corrected chi connectivity index (χ1v) is 9.05. The van der Waals surface area contributed by atoms with Gasteiger partial charge in [-0.2, -0.15) is 18.3 Å². The van der Waals surface area contributed by atoms with Gasteiger partial charge in [0.15, 0.2) is 22.7 Å². The molecule has 1 amide bonds. The highest BCUT2D eigenvalue weighted by molar-refractivity contribution is 6.33. The zero-order chi connectivity index (χ0) is 22.9. The van der Waals surface area contributed by atoms with E-state index in [1.54, 1.807) is 6.92 Å². The van der Waals surface area contributed by atoms with Crippen molar-refractivity contribution in [1.82, 2.24) is 20.2 Å². The van der Waals surface area contributed by atoms with Crippen LogP contribution in [0.3, 0.4) is 0 Å². The van der Waals surface area contributed by atoms with E-state index in [2.05, 4.69) is 25.5 Å². The van der Waals surface area contributed by atoms with Gasteiger partial charge in [0.1, 0.15) is 17.3 Å². The molecule has 0 spiro atoms. The van der Waals surface area contributed by atoms with Crippen molar-refractivity contribution < 1.29 is 27.1 Å². The molecule has 31 heavy (non-hydrogen) atoms. The number of nitrogens with two attached hydrogens (primary N) is 1. The van der Waals surface area contributed by atoms with E-state index in [4.69, 9.17) is 33.7 Å². The maximum absolute atomic E-state index is 14.8. The summed E-state index contributed by atoms with van der Waals surface area (Å²) in [4.78, 5) is 20.2. The Bertz CT molecular complexity index is 1130. The lowest BCUT2D eigenvalue weighted by Crippen LogP contribution is -2.21. The second-order valence-corrected chi connectivity index (χ2v) is 6.85. The molecule has 4 N–H and O–H groups in total. The number of benzene rings is 1. The summed E-state index contributed by atoms with van der Waals surface area (Å²) in [5.74, 6) is -2.74. The number of halogens is 6. The molecule has 0 aliphatic rings. The number of carbonyl (C=O) groups is 1. The summed E-state index contributed by atoms with van der Waals surface area (Å²) in [5.41, 5.74) is 5.06. The molecule has 0 saturated carbocycles. The monoisotopic (exact) mass is 478 g/mol. The predicted molar refractivity (Wildman–Crippen MR) is 105 cm³/mol. The minimum absolute atomic E-state index is 0.0780. The van der Waals surface area contributed by atoms with Crippen LogP contribution >= 0.6 is 23.2 Å². The zero-order valence-corrected chi connectivity index (χ0v) is 17.0. The number of alkyl halides is 3. The Balaban J connectivity index is 2.05. The number of H-pyrrole nitrogens is 1. The number of ether oxygens (including phenoxy) is 1. The van der Waals surface area contributed by atoms with Crippen molar-refractivity contribution in [3.05, 3.63) is 45.7 Å². The van der Waals surface area contributed by atoms with Crippen molar-refractivity contribution in [2.45, 2.75) is 13.1 Å². The molecule has 1 aromatic carbocycles. The van der Waals surface area contributed by atoms with E-state index in [9.17, 15) is 22.4 Å². The topological polar surface area (TPSA) is 119 Å². The average molecular weight is 479 g/mol. The highest BCUT2D eigenvalue weighted by Gasteiger charge is 2.30. The third-order valence-corrected chi connectivity index (χ3v) is 4.44. The standard InChI is InChI=1S/C17H12Cl2F4N6O2/c1-6-12(13(18)29-28-6)27-16(30)8-2-9(20)7(3-11(8)31-5-17(21,22)23)10-4-25-14(19)15(24)26-10/h2-4H,5H2,1H3,(H2,24,26)(H,27,30)(H,28,29). The SMILES string of the molecule is Cc1[nH]nc(Cl)c1NC(=O)c1cc(F)c(-c2cnc(Cl)c(N)n2)cc1OCC(F)(F)F. The number of aromatic amines is 1. The fourth-order valence-electron chi connectivity index (χ4n) is 2.45. The quantitative estimate of drug-likeness (QED) is 0.467. The molecule has 0 unspecified atom stereocenters. The number of hydrogen-bond acceptors (Lipinski definition) is 6. The molecule has 14 heteroatoms. The van der Waals surface area contributed by atoms with Gasteiger partial charge in [0.25, 0.3) is 5.91 Å². The summed E-state index contributed by atoms with van der Waals surface area (Å²) in [7, 11) is 0. The van der Waals surface area contributed by atoms with Crippen LogP contribution in [-0.4, -0.2) is 38.9 Å². The van der Waals surface area contributed by atoms with Crippen molar-refractivity contribution in [3.63, 3.8) is 0 Å². The first-order valence-electron chi connectivity index (χ1n) is 8.29. The van der Waals surface area contributed by atoms with Crippen LogP contribution in [0, 0.1) is 12.7 Å². The van der Waals surface area contributed by atoms with Crippen LogP contribution in [0.2, 0.25) is 10.3 Å². The van der Waals surface area contributed by atoms with Gasteiger partial charge in [-0.3, -0.25) is 9.89 Å². The van der Waals surface area contributed by atoms with Crippen molar-refractivity contribution in [2.75, 3.05) is 17.7 Å². The van der Waals surface area contributed by atoms with E-state index in [1.165, 1.54) is 0 Å². The van der Waals surface area contributed by atoms with Gasteiger partial charge in [-0.25, -0.2) is 14.4 Å². The molecule has 3 aromatic rings. The Hall–Kier alpha value is -3.12. The number of nitrogen functional groups attached to an aromatic ring is 1. The minimum Gasteiger partial charge on any atom is -0.483 e. The Morgan fingerprint density at radius 3 is 2.58 bits per heavy atom. The normalized spacial score (nSPS) is 11.5. The fraction of sp³-hybridized carbons (Fsp3) is 0.176. The molecule has 0 radical (unpaired) electrons. The van der Waals surface area contributed by atoms with Crippen LogP contribution in [0.4, 0.5) is 29.1 Å². The highest BCUT2D eigenvalue weighted by atomic mass is 35.5. The van der Waals surface area contributed by atoms with Gasteiger partial charge >= 0.3 is 6.18 Å². The molecule has 2 heterocycles. The summed E-state index contributed by atoms with van der Waals surface area (Å²) >= 11 is 11.5. The Labute approximate surface area is 181 Å². The highest BCUT2D eigenvalue weighted by Crippen LogP contribution is 2.33. The Morgan fingerprint density at radius 1 is 1.29 bits per heavy atom. The van der Waals surface area contributed by atoms with Crippen molar-refractivity contribution in [2.24, 2.45) is 0 Å². The Morgan fingerprint density at radius 2 is 2.00 bits per heavy atom. The molecule has 3 rings (SSSR count). The van der Waals surface area contributed by atoms with Gasteiger partial charge < -0.3 is 15.8 Å². The van der Waals surface area contributed by atoms with Crippen molar-refractivity contribution in [1.29, 1.82) is 0 Å². The largest absolute Gasteiger partial charge is 0.483 e. The molecule has 0 bridgehead atoms. The second kappa shape index (κ2) is 8.55. The zero-order valence-electron chi connectivity index (χ0n) is 15.4. The maximum Gasteiger partial charge on any atom is 0.422 e. The smallest absolute Gasteiger partial charge is 0.422 e. The second-order valence-electron chi connectivity index (χ2n) is 6.13. The summed E-state index contributed by atoms with van der Waals surface area (Å²) in [6.07, 6.45) is -3.64. The lowest BCUT2D eigenvalue weighted by atomic mass is 10.1. The number of anilines is 2. The lowest BCUT2D eigenvalue weighted by molar-refractivity contribution is -0.153. The first kappa shape index (κ1) is 22.6. The van der Waals surface area contributed by atoms with Crippen LogP contribution in [-0.2, 0) is 0 Å². The molecule has 0 saturated heterocycles. The van der Waals surface area contributed by atoms with E-state index < -0.39 is 35.8 Å². The van der Waals surface area contributed by atoms with E-state index in [0.717, 1.165) is 12.3 Å². The van der Waals surface area contributed by atoms with E-state index >= 15 is 0 Å². The Kier molecular flexibility index (Phi) is 6.23. The van der Waals surface area contributed by atoms with Crippen LogP contribution in [0.1, 0.15) is 16.1 Å². The number of amides is 1. The average Bonchev–Trinajstić information content (AvgIpc) is 3.00. The molecule has 0 aliphatic heterocycles. The van der Waals surface area contributed by atoms with Gasteiger partial charge in [0, 0.05) is 5.56 Å². The number of nitrogens with one attached hydrogen (secondary N) is 2. The molecule has 0 aliphatic carbocycles. The molecular formula is C17H12Cl2F4N6O2. The maximum atomic E-state index is 14.8. The molecule has 164 valence electrons. The molecule has 8 nitrogen and oxygen atoms in total. The van der Waals surface area contributed by atoms with Gasteiger partial charge in [0.2, 0.25) is 0 Å². The summed E-state index contributed by atoms with van der Waals surface area (Å²) < 4.78 is 57.6. The number of carbonyl (C=O) groups excluding carboxylic acids is 1. The van der Waals surface area contributed by atoms with Crippen LogP contribution in [0.5, 0.6) is 5.75 Å². The van der Waals surface area contributed by atoms with Crippen LogP contribution < -0.4 is 15.8 Å². The number of aromatic nitrogens is 4. The van der Waals surface area contributed by atoms with E-state index in [0.29, 0.717) is 11.8 Å². The minimum atomic E-state index is -4.71. The van der Waals surface area contributed by atoms with Crippen molar-refractivity contribution in [3.8, 4) is 17.0 Å². The third kappa shape index (κ3) is 5.14. The lowest BCUT2D eigenvalue weighted by Gasteiger charge is -2.15. The van der Waals surface area contributed by atoms with Gasteiger partial charge in [-0.1, -0.05) is 23.2 Å². The fourth-order valence-corrected chi connectivity index (χ4v) is 2.77. The van der Waals surface area contributed by atoms with Gasteiger partial charge in [-0.15, -0.1) is 0 Å². The molecule has 0 fully saturated rings. The van der Waals surface area contributed by atoms with Gasteiger partial charge in [0.05, 0.1) is 23.1 Å². The van der Waals surface area contributed by atoms with E-state index in [1.807, 2.05) is 0 Å². The van der Waals surface area contributed by atoms with Crippen molar-refractivity contribution >= 4 is 40.6 Å². The van der Waals surface area contributed by atoms with Crippen LogP contribution in [0.15, 0.2) is 18.3 Å². The first-order chi connectivity index (χ1) is 14.5. The predicted octanol–water partition coefficient (Wildman–Crippen LogP) is 4.40. The number of aryl methyl sites for hydroxylation is 1. The number of hydrogen-bond donors (Lipinski definition) is 3. The number of rotatable bonds is 5. The van der Waals surface area contributed by atoms with E-state index in [-0.39, 0.29) is 33.1 Å². The van der Waals surface area contributed by atoms with Gasteiger partial charge in [-0.05, 0) is 19.1 Å². The summed E-state index contributed by atoms with van der Waals surface area (Å²) in [5, 5.41) is 8.32.